The number of halogens is 3. The first-order valence-corrected chi connectivity index (χ1v) is 12.3. The molecule has 0 bridgehead atoms. The van der Waals surface area contributed by atoms with Crippen LogP contribution >= 0.6 is 31.9 Å². The van der Waals surface area contributed by atoms with Gasteiger partial charge in [0.15, 0.2) is 11.6 Å². The van der Waals surface area contributed by atoms with Crippen LogP contribution in [-0.4, -0.2) is 36.4 Å². The normalized spacial score (nSPS) is 11.2. The first-order valence-electron chi connectivity index (χ1n) is 10.7. The highest BCUT2D eigenvalue weighted by atomic mass is 79.9. The molecule has 0 amide bonds. The molecule has 11 heteroatoms. The number of aryl methyl sites for hydroxylation is 3. The SMILES string of the molecule is CCc1nn(C)c(Cc2nn(C)nc2-c2ccc(F)cc2CCOc2cc(Br)cnc2N)c1Br. The van der Waals surface area contributed by atoms with Crippen molar-refractivity contribution >= 4 is 37.7 Å². The van der Waals surface area contributed by atoms with Gasteiger partial charge in [0.2, 0.25) is 0 Å². The molecule has 0 aliphatic heterocycles. The minimum absolute atomic E-state index is 0.293. The molecule has 0 aliphatic rings. The molecule has 0 fully saturated rings. The van der Waals surface area contributed by atoms with Crippen LogP contribution in [0.25, 0.3) is 11.3 Å². The zero-order valence-corrected chi connectivity index (χ0v) is 22.2. The largest absolute Gasteiger partial charge is 0.489 e. The van der Waals surface area contributed by atoms with Crippen molar-refractivity contribution in [2.45, 2.75) is 26.2 Å². The summed E-state index contributed by atoms with van der Waals surface area (Å²) in [6, 6.07) is 6.44. The van der Waals surface area contributed by atoms with Gasteiger partial charge in [-0.15, -0.1) is 0 Å². The third-order valence-electron chi connectivity index (χ3n) is 5.42. The average Bonchev–Trinajstić information content (AvgIpc) is 3.30. The van der Waals surface area contributed by atoms with Crippen molar-refractivity contribution in [3.63, 3.8) is 0 Å². The van der Waals surface area contributed by atoms with Gasteiger partial charge in [-0.1, -0.05) is 6.92 Å². The molecule has 34 heavy (non-hydrogen) atoms. The monoisotopic (exact) mass is 591 g/mol. The standard InChI is InChI=1S/C23H24Br2FN7O/c1-4-17-21(25)19(32(2)29-17)11-18-22(31-33(3)30-18)16-6-5-15(26)9-13(16)7-8-34-20-10-14(24)12-28-23(20)27/h5-6,9-10,12H,4,7-8,11H2,1-3H3,(H2,27,28). The van der Waals surface area contributed by atoms with Crippen LogP contribution in [0.15, 0.2) is 39.4 Å². The number of nitrogens with two attached hydrogens (primary N) is 1. The second kappa shape index (κ2) is 10.2. The van der Waals surface area contributed by atoms with E-state index in [2.05, 4.69) is 59.1 Å². The maximum atomic E-state index is 14.2. The summed E-state index contributed by atoms with van der Waals surface area (Å²) in [7, 11) is 3.69. The van der Waals surface area contributed by atoms with Gasteiger partial charge in [-0.2, -0.15) is 20.1 Å². The topological polar surface area (TPSA) is 96.7 Å². The molecule has 3 aromatic heterocycles. The fraction of sp³-hybridized carbons (Fsp3) is 0.304. The third-order valence-corrected chi connectivity index (χ3v) is 6.77. The van der Waals surface area contributed by atoms with E-state index in [0.717, 1.165) is 43.6 Å². The molecule has 8 nitrogen and oxygen atoms in total. The molecule has 0 unspecified atom stereocenters. The van der Waals surface area contributed by atoms with Crippen molar-refractivity contribution in [2.24, 2.45) is 14.1 Å². The molecule has 2 N–H and O–H groups in total. The van der Waals surface area contributed by atoms with Crippen molar-refractivity contribution in [3.8, 4) is 17.0 Å². The Morgan fingerprint density at radius 1 is 1.09 bits per heavy atom. The van der Waals surface area contributed by atoms with Crippen LogP contribution in [0.5, 0.6) is 5.75 Å². The van der Waals surface area contributed by atoms with Crippen LogP contribution in [0, 0.1) is 5.82 Å². The maximum Gasteiger partial charge on any atom is 0.166 e. The third kappa shape index (κ3) is 5.15. The number of aromatic nitrogens is 6. The fourth-order valence-electron chi connectivity index (χ4n) is 3.76. The minimum Gasteiger partial charge on any atom is -0.489 e. The Labute approximate surface area is 213 Å². The quantitative estimate of drug-likeness (QED) is 0.320. The van der Waals surface area contributed by atoms with Crippen molar-refractivity contribution in [1.29, 1.82) is 0 Å². The minimum atomic E-state index is -0.324. The van der Waals surface area contributed by atoms with Crippen LogP contribution in [0.1, 0.15) is 29.6 Å². The lowest BCUT2D eigenvalue weighted by Crippen LogP contribution is -2.06. The molecule has 0 radical (unpaired) electrons. The number of benzene rings is 1. The van der Waals surface area contributed by atoms with Gasteiger partial charge in [-0.25, -0.2) is 9.37 Å². The van der Waals surface area contributed by atoms with Crippen LogP contribution in [0.2, 0.25) is 0 Å². The highest BCUT2D eigenvalue weighted by Crippen LogP contribution is 2.30. The molecule has 0 atom stereocenters. The van der Waals surface area contributed by atoms with Gasteiger partial charge in [0.25, 0.3) is 0 Å². The second-order valence-corrected chi connectivity index (χ2v) is 9.49. The van der Waals surface area contributed by atoms with E-state index in [1.54, 1.807) is 25.4 Å². The Balaban J connectivity index is 1.63. The predicted molar refractivity (Wildman–Crippen MR) is 135 cm³/mol. The lowest BCUT2D eigenvalue weighted by atomic mass is 9.99. The van der Waals surface area contributed by atoms with Gasteiger partial charge in [0.1, 0.15) is 11.5 Å². The van der Waals surface area contributed by atoms with Gasteiger partial charge in [-0.05, 0) is 68.1 Å². The Bertz CT molecular complexity index is 1340. The molecule has 0 spiro atoms. The molecule has 0 aliphatic carbocycles. The Hall–Kier alpha value is -2.79. The molecule has 0 saturated heterocycles. The summed E-state index contributed by atoms with van der Waals surface area (Å²) in [5.41, 5.74) is 10.9. The summed E-state index contributed by atoms with van der Waals surface area (Å²) in [6.45, 7) is 2.36. The number of anilines is 1. The van der Waals surface area contributed by atoms with Crippen molar-refractivity contribution in [3.05, 3.63) is 67.9 Å². The summed E-state index contributed by atoms with van der Waals surface area (Å²) in [4.78, 5) is 5.61. The van der Waals surface area contributed by atoms with E-state index in [9.17, 15) is 4.39 Å². The fourth-order valence-corrected chi connectivity index (χ4v) is 4.83. The molecule has 4 rings (SSSR count). The Morgan fingerprint density at radius 3 is 2.62 bits per heavy atom. The lowest BCUT2D eigenvalue weighted by Gasteiger charge is -2.12. The predicted octanol–water partition coefficient (Wildman–Crippen LogP) is 4.63. The van der Waals surface area contributed by atoms with Crippen LogP contribution < -0.4 is 10.5 Å². The summed E-state index contributed by atoms with van der Waals surface area (Å²) in [5.74, 6) is 0.446. The first-order chi connectivity index (χ1) is 16.3. The Morgan fingerprint density at radius 2 is 1.88 bits per heavy atom. The summed E-state index contributed by atoms with van der Waals surface area (Å²) >= 11 is 7.04. The lowest BCUT2D eigenvalue weighted by molar-refractivity contribution is 0.322. The van der Waals surface area contributed by atoms with E-state index < -0.39 is 0 Å². The number of rotatable bonds is 8. The van der Waals surface area contributed by atoms with Crippen molar-refractivity contribution < 1.29 is 9.13 Å². The number of nitrogens with zero attached hydrogens (tertiary/aromatic N) is 6. The van der Waals surface area contributed by atoms with E-state index in [0.29, 0.717) is 36.7 Å². The van der Waals surface area contributed by atoms with E-state index in [1.165, 1.54) is 16.9 Å². The van der Waals surface area contributed by atoms with Crippen LogP contribution in [0.3, 0.4) is 0 Å². The number of hydrogen-bond donors (Lipinski definition) is 1. The molecular weight excluding hydrogens is 569 g/mol. The van der Waals surface area contributed by atoms with E-state index in [1.807, 2.05) is 11.7 Å². The highest BCUT2D eigenvalue weighted by Gasteiger charge is 2.21. The number of ether oxygens (including phenoxy) is 1. The molecule has 4 aromatic rings. The maximum absolute atomic E-state index is 14.2. The first kappa shape index (κ1) is 24.3. The highest BCUT2D eigenvalue weighted by molar-refractivity contribution is 9.10. The van der Waals surface area contributed by atoms with E-state index >= 15 is 0 Å². The van der Waals surface area contributed by atoms with E-state index in [-0.39, 0.29) is 5.82 Å². The average molecular weight is 593 g/mol. The summed E-state index contributed by atoms with van der Waals surface area (Å²) in [5, 5.41) is 13.8. The van der Waals surface area contributed by atoms with Gasteiger partial charge >= 0.3 is 0 Å². The zero-order valence-electron chi connectivity index (χ0n) is 19.0. The van der Waals surface area contributed by atoms with Gasteiger partial charge < -0.3 is 10.5 Å². The van der Waals surface area contributed by atoms with Gasteiger partial charge in [-0.3, -0.25) is 4.68 Å². The van der Waals surface area contributed by atoms with Crippen LogP contribution in [-0.2, 0) is 33.4 Å². The van der Waals surface area contributed by atoms with Gasteiger partial charge in [0, 0.05) is 43.2 Å². The number of nitrogen functional groups attached to an aromatic ring is 1. The molecule has 1 aromatic carbocycles. The molecule has 3 heterocycles. The number of hydrogen-bond acceptors (Lipinski definition) is 6. The van der Waals surface area contributed by atoms with Crippen molar-refractivity contribution in [2.75, 3.05) is 12.3 Å². The second-order valence-electron chi connectivity index (χ2n) is 7.78. The number of pyridine rings is 1. The molecule has 0 saturated carbocycles. The zero-order chi connectivity index (χ0) is 24.4. The van der Waals surface area contributed by atoms with E-state index in [4.69, 9.17) is 10.5 Å². The molecule has 178 valence electrons. The summed E-state index contributed by atoms with van der Waals surface area (Å²) in [6.07, 6.45) is 3.40. The summed E-state index contributed by atoms with van der Waals surface area (Å²) < 4.78 is 23.6. The van der Waals surface area contributed by atoms with Crippen LogP contribution in [0.4, 0.5) is 10.2 Å². The smallest absolute Gasteiger partial charge is 0.166 e. The van der Waals surface area contributed by atoms with Crippen molar-refractivity contribution in [1.82, 2.24) is 29.8 Å². The Kier molecular flexibility index (Phi) is 7.32. The molecular formula is C23H24Br2FN7O. The van der Waals surface area contributed by atoms with Gasteiger partial charge in [0.05, 0.1) is 28.2 Å².